The van der Waals surface area contributed by atoms with Gasteiger partial charge in [-0.05, 0) is 46.8 Å². The Bertz CT molecular complexity index is 1020. The molecule has 160 valence electrons. The fourth-order valence-electron chi connectivity index (χ4n) is 2.74. The van der Waals surface area contributed by atoms with Crippen LogP contribution in [0.25, 0.3) is 0 Å². The zero-order valence-corrected chi connectivity index (χ0v) is 19.1. The number of halogens is 1. The molecule has 2 unspecified atom stereocenters. The van der Waals surface area contributed by atoms with Crippen LogP contribution >= 0.6 is 23.1 Å². The molecule has 0 aliphatic heterocycles. The highest BCUT2D eigenvalue weighted by Gasteiger charge is 2.25. The lowest BCUT2D eigenvalue weighted by Gasteiger charge is -2.19. The summed E-state index contributed by atoms with van der Waals surface area (Å²) in [5.41, 5.74) is 0.864. The van der Waals surface area contributed by atoms with Gasteiger partial charge in [0.05, 0.1) is 10.9 Å². The minimum Gasteiger partial charge on any atom is -0.480 e. The van der Waals surface area contributed by atoms with Crippen molar-refractivity contribution in [1.29, 1.82) is 0 Å². The molecular formula is C20H24FN5O2S2. The number of aryl methyl sites for hydroxylation is 1. The van der Waals surface area contributed by atoms with Crippen LogP contribution in [-0.2, 0) is 4.79 Å². The van der Waals surface area contributed by atoms with Crippen molar-refractivity contribution in [3.05, 3.63) is 47.0 Å². The Kier molecular flexibility index (Phi) is 7.09. The lowest BCUT2D eigenvalue weighted by Crippen LogP contribution is -2.23. The number of nitrogens with zero attached hydrogens (tertiary/aromatic N) is 4. The summed E-state index contributed by atoms with van der Waals surface area (Å²) < 4.78 is 21.6. The minimum absolute atomic E-state index is 0.0287. The van der Waals surface area contributed by atoms with Gasteiger partial charge in [0.25, 0.3) is 0 Å². The Morgan fingerprint density at radius 3 is 2.60 bits per heavy atom. The van der Waals surface area contributed by atoms with Gasteiger partial charge in [0.1, 0.15) is 0 Å². The summed E-state index contributed by atoms with van der Waals surface area (Å²) in [6.45, 7) is 9.47. The van der Waals surface area contributed by atoms with Gasteiger partial charge in [0, 0.05) is 11.4 Å². The number of anilines is 1. The number of para-hydroxylation sites is 1. The van der Waals surface area contributed by atoms with Crippen molar-refractivity contribution in [2.75, 3.05) is 5.32 Å². The number of nitrogens with one attached hydrogen (secondary N) is 1. The number of thiazole rings is 1. The highest BCUT2D eigenvalue weighted by Crippen LogP contribution is 2.30. The SMILES string of the molecule is Cc1csc(NC(=O)C(C)Sc2nnc(C(C)Oc3ccccc3F)n2C(C)C)n1. The van der Waals surface area contributed by atoms with Crippen LogP contribution in [0, 0.1) is 12.7 Å². The number of rotatable bonds is 8. The van der Waals surface area contributed by atoms with Gasteiger partial charge in [-0.2, -0.15) is 0 Å². The quantitative estimate of drug-likeness (QED) is 0.486. The van der Waals surface area contributed by atoms with E-state index in [9.17, 15) is 9.18 Å². The van der Waals surface area contributed by atoms with E-state index >= 15 is 0 Å². The lowest BCUT2D eigenvalue weighted by molar-refractivity contribution is -0.115. The molecule has 1 amide bonds. The molecule has 0 bridgehead atoms. The molecule has 7 nitrogen and oxygen atoms in total. The molecule has 0 radical (unpaired) electrons. The normalized spacial score (nSPS) is 13.3. The lowest BCUT2D eigenvalue weighted by atomic mass is 10.3. The van der Waals surface area contributed by atoms with Gasteiger partial charge in [0.2, 0.25) is 5.91 Å². The molecule has 0 aliphatic carbocycles. The first-order valence-corrected chi connectivity index (χ1v) is 11.3. The summed E-state index contributed by atoms with van der Waals surface area (Å²) in [7, 11) is 0. The van der Waals surface area contributed by atoms with E-state index in [0.29, 0.717) is 16.1 Å². The van der Waals surface area contributed by atoms with Crippen molar-refractivity contribution in [3.8, 4) is 5.75 Å². The molecule has 1 aromatic carbocycles. The molecule has 2 atom stereocenters. The van der Waals surface area contributed by atoms with Gasteiger partial charge in [-0.3, -0.25) is 4.79 Å². The molecule has 1 N–H and O–H groups in total. The summed E-state index contributed by atoms with van der Waals surface area (Å²) in [6.07, 6.45) is -0.520. The van der Waals surface area contributed by atoms with E-state index in [4.69, 9.17) is 4.74 Å². The molecule has 2 aromatic heterocycles. The van der Waals surface area contributed by atoms with Gasteiger partial charge in [-0.25, -0.2) is 9.37 Å². The van der Waals surface area contributed by atoms with Gasteiger partial charge in [0.15, 0.2) is 33.8 Å². The molecule has 0 aliphatic rings. The van der Waals surface area contributed by atoms with Crippen LogP contribution in [0.2, 0.25) is 0 Å². The molecule has 30 heavy (non-hydrogen) atoms. The Hall–Kier alpha value is -2.46. The number of hydrogen-bond donors (Lipinski definition) is 1. The van der Waals surface area contributed by atoms with Gasteiger partial charge in [-0.15, -0.1) is 21.5 Å². The third-order valence-corrected chi connectivity index (χ3v) is 6.14. The molecule has 0 fully saturated rings. The zero-order chi connectivity index (χ0) is 21.8. The standard InChI is InChI=1S/C20H24FN5O2S2/c1-11(2)26-17(13(4)28-16-9-7-6-8-15(16)21)24-25-20(26)30-14(5)18(27)23-19-22-12(3)10-29-19/h6-11,13-14H,1-5H3,(H,22,23,27). The van der Waals surface area contributed by atoms with E-state index < -0.39 is 17.2 Å². The molecule has 0 saturated carbocycles. The van der Waals surface area contributed by atoms with E-state index in [2.05, 4.69) is 20.5 Å². The number of aromatic nitrogens is 4. The van der Waals surface area contributed by atoms with Gasteiger partial charge >= 0.3 is 0 Å². The number of thioether (sulfide) groups is 1. The van der Waals surface area contributed by atoms with Crippen LogP contribution in [0.1, 0.15) is 51.4 Å². The van der Waals surface area contributed by atoms with Gasteiger partial charge in [-0.1, -0.05) is 23.9 Å². The Morgan fingerprint density at radius 2 is 1.97 bits per heavy atom. The van der Waals surface area contributed by atoms with Crippen LogP contribution in [-0.4, -0.2) is 30.9 Å². The second-order valence-electron chi connectivity index (χ2n) is 7.04. The largest absolute Gasteiger partial charge is 0.480 e. The summed E-state index contributed by atoms with van der Waals surface area (Å²) in [5, 5.41) is 14.0. The third-order valence-electron chi connectivity index (χ3n) is 4.21. The molecule has 10 heteroatoms. The fourth-order valence-corrected chi connectivity index (χ4v) is 4.42. The van der Waals surface area contributed by atoms with Crippen molar-refractivity contribution < 1.29 is 13.9 Å². The van der Waals surface area contributed by atoms with Gasteiger partial charge < -0.3 is 14.6 Å². The van der Waals surface area contributed by atoms with E-state index in [0.717, 1.165) is 5.69 Å². The average Bonchev–Trinajstić information content (AvgIpc) is 3.29. The van der Waals surface area contributed by atoms with Crippen molar-refractivity contribution >= 4 is 34.1 Å². The first-order chi connectivity index (χ1) is 14.3. The first-order valence-electron chi connectivity index (χ1n) is 9.52. The van der Waals surface area contributed by atoms with Crippen LogP contribution in [0.3, 0.4) is 0 Å². The maximum atomic E-state index is 14.0. The number of hydrogen-bond acceptors (Lipinski definition) is 7. The number of carbonyl (C=O) groups is 1. The Labute approximate surface area is 183 Å². The molecule has 3 aromatic rings. The van der Waals surface area contributed by atoms with Crippen LogP contribution in [0.5, 0.6) is 5.75 Å². The highest BCUT2D eigenvalue weighted by atomic mass is 32.2. The van der Waals surface area contributed by atoms with E-state index in [1.807, 2.05) is 30.7 Å². The van der Waals surface area contributed by atoms with Crippen molar-refractivity contribution in [1.82, 2.24) is 19.7 Å². The number of carbonyl (C=O) groups excluding carboxylic acids is 1. The molecule has 3 rings (SSSR count). The minimum atomic E-state index is -0.520. The Balaban J connectivity index is 1.75. The summed E-state index contributed by atoms with van der Waals surface area (Å²) in [5.74, 6) is 0.130. The van der Waals surface area contributed by atoms with E-state index in [1.165, 1.54) is 29.2 Å². The van der Waals surface area contributed by atoms with Crippen LogP contribution < -0.4 is 10.1 Å². The Morgan fingerprint density at radius 1 is 1.23 bits per heavy atom. The fraction of sp³-hybridized carbons (Fsp3) is 0.400. The topological polar surface area (TPSA) is 81.9 Å². The summed E-state index contributed by atoms with van der Waals surface area (Å²) in [6, 6.07) is 6.27. The van der Waals surface area contributed by atoms with Crippen LogP contribution in [0.15, 0.2) is 34.8 Å². The third kappa shape index (κ3) is 5.17. The number of amides is 1. The predicted molar refractivity (Wildman–Crippen MR) is 117 cm³/mol. The number of benzene rings is 1. The smallest absolute Gasteiger partial charge is 0.239 e. The highest BCUT2D eigenvalue weighted by molar-refractivity contribution is 8.00. The molecular weight excluding hydrogens is 425 g/mol. The van der Waals surface area contributed by atoms with E-state index in [-0.39, 0.29) is 17.7 Å². The molecule has 0 spiro atoms. The zero-order valence-electron chi connectivity index (χ0n) is 17.4. The monoisotopic (exact) mass is 449 g/mol. The second-order valence-corrected chi connectivity index (χ2v) is 9.20. The maximum absolute atomic E-state index is 14.0. The molecule has 0 saturated heterocycles. The van der Waals surface area contributed by atoms with Crippen molar-refractivity contribution in [2.24, 2.45) is 0 Å². The average molecular weight is 450 g/mol. The predicted octanol–water partition coefficient (Wildman–Crippen LogP) is 5.02. The van der Waals surface area contributed by atoms with E-state index in [1.54, 1.807) is 32.0 Å². The summed E-state index contributed by atoms with van der Waals surface area (Å²) in [4.78, 5) is 16.8. The van der Waals surface area contributed by atoms with Crippen molar-refractivity contribution in [3.63, 3.8) is 0 Å². The first kappa shape index (κ1) is 22.2. The number of ether oxygens (including phenoxy) is 1. The second kappa shape index (κ2) is 9.57. The van der Waals surface area contributed by atoms with Crippen molar-refractivity contribution in [2.45, 2.75) is 57.2 Å². The summed E-state index contributed by atoms with van der Waals surface area (Å²) >= 11 is 2.69. The van der Waals surface area contributed by atoms with Crippen LogP contribution in [0.4, 0.5) is 9.52 Å². The maximum Gasteiger partial charge on any atom is 0.239 e. The molecule has 2 heterocycles.